The van der Waals surface area contributed by atoms with Gasteiger partial charge in [0.15, 0.2) is 0 Å². The number of thiazole rings is 1. The Kier molecular flexibility index (Phi) is 3.99. The monoisotopic (exact) mass is 269 g/mol. The van der Waals surface area contributed by atoms with Crippen LogP contribution in [0.25, 0.3) is 0 Å². The molecule has 0 spiro atoms. The van der Waals surface area contributed by atoms with Crippen molar-refractivity contribution < 1.29 is 9.53 Å². The molecule has 1 amide bonds. The third kappa shape index (κ3) is 3.28. The Morgan fingerprint density at radius 3 is 3.11 bits per heavy atom. The van der Waals surface area contributed by atoms with E-state index in [1.165, 1.54) is 11.3 Å². The Balaban J connectivity index is 1.94. The van der Waals surface area contributed by atoms with Gasteiger partial charge in [0.05, 0.1) is 5.60 Å². The lowest BCUT2D eigenvalue weighted by atomic mass is 9.94. The molecule has 1 aliphatic rings. The molecule has 6 heteroatoms. The van der Waals surface area contributed by atoms with Gasteiger partial charge in [0.2, 0.25) is 0 Å². The van der Waals surface area contributed by atoms with Crippen LogP contribution in [-0.2, 0) is 11.3 Å². The molecule has 5 nitrogen and oxygen atoms in total. The molecule has 0 saturated carbocycles. The summed E-state index contributed by atoms with van der Waals surface area (Å²) in [4.78, 5) is 16.2. The fourth-order valence-electron chi connectivity index (χ4n) is 2.12. The van der Waals surface area contributed by atoms with Crippen molar-refractivity contribution in [1.29, 1.82) is 0 Å². The quantitative estimate of drug-likeness (QED) is 0.867. The highest BCUT2D eigenvalue weighted by molar-refractivity contribution is 7.09. The highest BCUT2D eigenvalue weighted by atomic mass is 32.1. The largest absolute Gasteiger partial charge is 0.375 e. The number of nitrogens with one attached hydrogen (secondary N) is 1. The lowest BCUT2D eigenvalue weighted by molar-refractivity contribution is -0.0615. The second-order valence-corrected chi connectivity index (χ2v) is 6.04. The second kappa shape index (κ2) is 5.34. The molecule has 18 heavy (non-hydrogen) atoms. The van der Waals surface area contributed by atoms with Crippen LogP contribution in [0, 0.1) is 0 Å². The Labute approximate surface area is 111 Å². The van der Waals surface area contributed by atoms with E-state index >= 15 is 0 Å². The zero-order chi connectivity index (χ0) is 13.2. The van der Waals surface area contributed by atoms with Crippen LogP contribution in [0.4, 0.5) is 0 Å². The molecule has 100 valence electrons. The van der Waals surface area contributed by atoms with Gasteiger partial charge in [-0.2, -0.15) is 0 Å². The Hall–Kier alpha value is -0.980. The standard InChI is InChI=1S/C12H19N3O2S/c1-12(2)5-8(3-4-17-12)14-11(16)9-7-18-10(6-13)15-9/h7-8H,3-6,13H2,1-2H3,(H,14,16). The maximum atomic E-state index is 12.0. The third-order valence-electron chi connectivity index (χ3n) is 2.99. The van der Waals surface area contributed by atoms with E-state index < -0.39 is 0 Å². The second-order valence-electron chi connectivity index (χ2n) is 5.10. The fourth-order valence-corrected chi connectivity index (χ4v) is 2.78. The topological polar surface area (TPSA) is 77.2 Å². The van der Waals surface area contributed by atoms with Gasteiger partial charge in [0.25, 0.3) is 5.91 Å². The van der Waals surface area contributed by atoms with Crippen molar-refractivity contribution in [3.63, 3.8) is 0 Å². The number of nitrogens with two attached hydrogens (primary N) is 1. The minimum atomic E-state index is -0.166. The molecule has 1 unspecified atom stereocenters. The number of amides is 1. The van der Waals surface area contributed by atoms with Crippen LogP contribution < -0.4 is 11.1 Å². The lowest BCUT2D eigenvalue weighted by Crippen LogP contribution is -2.45. The van der Waals surface area contributed by atoms with E-state index in [4.69, 9.17) is 10.5 Å². The molecule has 1 saturated heterocycles. The maximum Gasteiger partial charge on any atom is 0.270 e. The summed E-state index contributed by atoms with van der Waals surface area (Å²) in [7, 11) is 0. The van der Waals surface area contributed by atoms with Crippen LogP contribution in [-0.4, -0.2) is 29.1 Å². The predicted molar refractivity (Wildman–Crippen MR) is 70.5 cm³/mol. The molecule has 0 bridgehead atoms. The first kappa shape index (κ1) is 13.5. The summed E-state index contributed by atoms with van der Waals surface area (Å²) < 4.78 is 5.62. The van der Waals surface area contributed by atoms with Gasteiger partial charge in [-0.05, 0) is 26.7 Å². The van der Waals surface area contributed by atoms with E-state index in [0.29, 0.717) is 18.8 Å². The van der Waals surface area contributed by atoms with Gasteiger partial charge in [-0.15, -0.1) is 11.3 Å². The first-order valence-corrected chi connectivity index (χ1v) is 6.97. The molecule has 2 heterocycles. The van der Waals surface area contributed by atoms with Gasteiger partial charge < -0.3 is 15.8 Å². The summed E-state index contributed by atoms with van der Waals surface area (Å²) in [5.74, 6) is -0.117. The molecule has 0 aliphatic carbocycles. The first-order chi connectivity index (χ1) is 8.50. The normalized spacial score (nSPS) is 22.7. The summed E-state index contributed by atoms with van der Waals surface area (Å²) in [5, 5.41) is 5.55. The van der Waals surface area contributed by atoms with Crippen molar-refractivity contribution in [2.45, 2.75) is 44.9 Å². The van der Waals surface area contributed by atoms with Crippen LogP contribution >= 0.6 is 11.3 Å². The average Bonchev–Trinajstić information content (AvgIpc) is 2.76. The Morgan fingerprint density at radius 2 is 2.50 bits per heavy atom. The number of rotatable bonds is 3. The summed E-state index contributed by atoms with van der Waals surface area (Å²) >= 11 is 1.42. The van der Waals surface area contributed by atoms with Crippen molar-refractivity contribution in [1.82, 2.24) is 10.3 Å². The molecule has 1 aromatic heterocycles. The van der Waals surface area contributed by atoms with Gasteiger partial charge in [-0.3, -0.25) is 4.79 Å². The van der Waals surface area contributed by atoms with E-state index in [-0.39, 0.29) is 17.6 Å². The molecule has 1 aliphatic heterocycles. The van der Waals surface area contributed by atoms with Gasteiger partial charge in [-0.25, -0.2) is 4.98 Å². The third-order valence-corrected chi connectivity index (χ3v) is 3.86. The van der Waals surface area contributed by atoms with Crippen molar-refractivity contribution in [2.75, 3.05) is 6.61 Å². The van der Waals surface area contributed by atoms with Crippen LogP contribution in [0.15, 0.2) is 5.38 Å². The highest BCUT2D eigenvalue weighted by Gasteiger charge is 2.30. The smallest absolute Gasteiger partial charge is 0.270 e. The van der Waals surface area contributed by atoms with E-state index in [0.717, 1.165) is 17.8 Å². The average molecular weight is 269 g/mol. The van der Waals surface area contributed by atoms with Gasteiger partial charge in [-0.1, -0.05) is 0 Å². The molecule has 1 fully saturated rings. The molecular weight excluding hydrogens is 250 g/mol. The number of aromatic nitrogens is 1. The number of nitrogens with zero attached hydrogens (tertiary/aromatic N) is 1. The summed E-state index contributed by atoms with van der Waals surface area (Å²) in [6.07, 6.45) is 1.68. The number of ether oxygens (including phenoxy) is 1. The number of carbonyl (C=O) groups is 1. The molecule has 2 rings (SSSR count). The van der Waals surface area contributed by atoms with Crippen molar-refractivity contribution >= 4 is 17.2 Å². The minimum Gasteiger partial charge on any atom is -0.375 e. The number of carbonyl (C=O) groups excluding carboxylic acids is 1. The minimum absolute atomic E-state index is 0.117. The van der Waals surface area contributed by atoms with E-state index in [1.54, 1.807) is 5.38 Å². The van der Waals surface area contributed by atoms with Crippen LogP contribution in [0.3, 0.4) is 0 Å². The van der Waals surface area contributed by atoms with E-state index in [9.17, 15) is 4.79 Å². The number of hydrogen-bond donors (Lipinski definition) is 2. The maximum absolute atomic E-state index is 12.0. The molecule has 3 N–H and O–H groups in total. The number of hydrogen-bond acceptors (Lipinski definition) is 5. The SMILES string of the molecule is CC1(C)CC(NC(=O)c2csc(CN)n2)CCO1. The Morgan fingerprint density at radius 1 is 1.72 bits per heavy atom. The lowest BCUT2D eigenvalue weighted by Gasteiger charge is -2.35. The predicted octanol–water partition coefficient (Wildman–Crippen LogP) is 1.29. The molecule has 0 aromatic carbocycles. The van der Waals surface area contributed by atoms with Crippen LogP contribution in [0.2, 0.25) is 0 Å². The van der Waals surface area contributed by atoms with Gasteiger partial charge in [0, 0.05) is 24.6 Å². The molecular formula is C12H19N3O2S. The van der Waals surface area contributed by atoms with Crippen molar-refractivity contribution in [2.24, 2.45) is 5.73 Å². The zero-order valence-electron chi connectivity index (χ0n) is 10.7. The van der Waals surface area contributed by atoms with Gasteiger partial charge >= 0.3 is 0 Å². The van der Waals surface area contributed by atoms with Crippen LogP contribution in [0.5, 0.6) is 0 Å². The van der Waals surface area contributed by atoms with Crippen molar-refractivity contribution in [3.8, 4) is 0 Å². The highest BCUT2D eigenvalue weighted by Crippen LogP contribution is 2.24. The van der Waals surface area contributed by atoms with Crippen LogP contribution in [0.1, 0.15) is 42.2 Å². The van der Waals surface area contributed by atoms with Crippen molar-refractivity contribution in [3.05, 3.63) is 16.1 Å². The summed E-state index contributed by atoms with van der Waals surface area (Å²) in [5.41, 5.74) is 5.78. The Bertz CT molecular complexity index is 431. The first-order valence-electron chi connectivity index (χ1n) is 6.09. The fraction of sp³-hybridized carbons (Fsp3) is 0.667. The van der Waals surface area contributed by atoms with E-state index in [2.05, 4.69) is 10.3 Å². The molecule has 1 atom stereocenters. The van der Waals surface area contributed by atoms with E-state index in [1.807, 2.05) is 13.8 Å². The molecule has 1 aromatic rings. The zero-order valence-corrected chi connectivity index (χ0v) is 11.5. The summed E-state index contributed by atoms with van der Waals surface area (Å²) in [6, 6.07) is 0.157. The summed E-state index contributed by atoms with van der Waals surface area (Å²) in [6.45, 7) is 5.15. The molecule has 0 radical (unpaired) electrons. The van der Waals surface area contributed by atoms with Gasteiger partial charge in [0.1, 0.15) is 10.7 Å².